The van der Waals surface area contributed by atoms with Gasteiger partial charge in [-0.3, -0.25) is 4.90 Å². The Morgan fingerprint density at radius 3 is 2.85 bits per heavy atom. The Bertz CT molecular complexity index is 946. The fraction of sp³-hybridized carbons (Fsp3) is 0.263. The summed E-state index contributed by atoms with van der Waals surface area (Å²) in [4.78, 5) is 22.3. The van der Waals surface area contributed by atoms with Crippen molar-refractivity contribution >= 4 is 5.97 Å². The number of carboxylic acid groups (broad SMARTS) is 1. The highest BCUT2D eigenvalue weighted by atomic mass is 16.4. The molecule has 1 fully saturated rings. The number of hydrogen-bond acceptors (Lipinski definition) is 5. The highest BCUT2D eigenvalue weighted by Crippen LogP contribution is 2.27. The average molecular weight is 349 g/mol. The van der Waals surface area contributed by atoms with Crippen molar-refractivity contribution in [3.8, 4) is 5.69 Å². The van der Waals surface area contributed by atoms with E-state index < -0.39 is 5.97 Å². The molecule has 7 heteroatoms. The van der Waals surface area contributed by atoms with E-state index in [1.54, 1.807) is 29.1 Å². The predicted molar refractivity (Wildman–Crippen MR) is 95.3 cm³/mol. The lowest BCUT2D eigenvalue weighted by Gasteiger charge is -2.38. The molecule has 0 atom stereocenters. The summed E-state index contributed by atoms with van der Waals surface area (Å²) in [5, 5.41) is 13.7. The predicted octanol–water partition coefficient (Wildman–Crippen LogP) is 2.27. The van der Waals surface area contributed by atoms with Crippen molar-refractivity contribution < 1.29 is 9.90 Å². The third kappa shape index (κ3) is 3.21. The first kappa shape index (κ1) is 16.4. The van der Waals surface area contributed by atoms with Crippen LogP contribution < -0.4 is 0 Å². The first-order valence-corrected chi connectivity index (χ1v) is 8.48. The Balaban J connectivity index is 1.42. The van der Waals surface area contributed by atoms with Crippen molar-refractivity contribution in [1.29, 1.82) is 0 Å². The molecule has 0 radical (unpaired) electrons. The molecule has 3 heterocycles. The molecule has 1 N–H and O–H groups in total. The number of para-hydroxylation sites is 1. The van der Waals surface area contributed by atoms with Gasteiger partial charge in [0.2, 0.25) is 0 Å². The van der Waals surface area contributed by atoms with Gasteiger partial charge in [-0.15, -0.1) is 0 Å². The molecule has 1 aromatic carbocycles. The second-order valence-electron chi connectivity index (χ2n) is 6.54. The lowest BCUT2D eigenvalue weighted by atomic mass is 9.95. The molecule has 0 unspecified atom stereocenters. The quantitative estimate of drug-likeness (QED) is 0.761. The maximum Gasteiger partial charge on any atom is 0.337 e. The number of carboxylic acids is 1. The van der Waals surface area contributed by atoms with Crippen LogP contribution in [-0.4, -0.2) is 48.8 Å². The van der Waals surface area contributed by atoms with Gasteiger partial charge in [-0.2, -0.15) is 5.10 Å². The third-order valence-corrected chi connectivity index (χ3v) is 4.60. The van der Waals surface area contributed by atoms with Crippen LogP contribution in [0.5, 0.6) is 0 Å². The van der Waals surface area contributed by atoms with Crippen molar-refractivity contribution in [2.24, 2.45) is 0 Å². The molecule has 0 amide bonds. The van der Waals surface area contributed by atoms with Gasteiger partial charge in [0.1, 0.15) is 5.82 Å². The van der Waals surface area contributed by atoms with Gasteiger partial charge in [-0.1, -0.05) is 12.1 Å². The van der Waals surface area contributed by atoms with E-state index in [4.69, 9.17) is 0 Å². The minimum atomic E-state index is -0.955. The minimum absolute atomic E-state index is 0.241. The Morgan fingerprint density at radius 1 is 1.27 bits per heavy atom. The zero-order valence-electron chi connectivity index (χ0n) is 14.4. The number of aryl methyl sites for hydroxylation is 1. The number of benzene rings is 1. The van der Waals surface area contributed by atoms with E-state index in [9.17, 15) is 9.90 Å². The highest BCUT2D eigenvalue weighted by molar-refractivity contribution is 5.91. The number of likely N-dealkylation sites (tertiary alicyclic amines) is 1. The van der Waals surface area contributed by atoms with E-state index >= 15 is 0 Å². The molecule has 0 aliphatic carbocycles. The first-order chi connectivity index (χ1) is 12.6. The van der Waals surface area contributed by atoms with Gasteiger partial charge in [0.15, 0.2) is 0 Å². The average Bonchev–Trinajstić information content (AvgIpc) is 3.06. The van der Waals surface area contributed by atoms with Crippen LogP contribution in [0.1, 0.15) is 33.4 Å². The van der Waals surface area contributed by atoms with Crippen molar-refractivity contribution in [2.75, 3.05) is 13.1 Å². The molecule has 2 aromatic heterocycles. The summed E-state index contributed by atoms with van der Waals surface area (Å²) in [5.74, 6) is 0.294. The number of aromatic nitrogens is 4. The van der Waals surface area contributed by atoms with Crippen molar-refractivity contribution in [3.05, 3.63) is 71.6 Å². The molecule has 0 bridgehead atoms. The van der Waals surface area contributed by atoms with Crippen LogP contribution in [0.15, 0.2) is 48.9 Å². The fourth-order valence-corrected chi connectivity index (χ4v) is 3.27. The molecule has 26 heavy (non-hydrogen) atoms. The van der Waals surface area contributed by atoms with Gasteiger partial charge >= 0.3 is 5.97 Å². The van der Waals surface area contributed by atoms with E-state index in [0.29, 0.717) is 11.6 Å². The molecular formula is C19H19N5O2. The third-order valence-electron chi connectivity index (χ3n) is 4.60. The Kier molecular flexibility index (Phi) is 4.22. The minimum Gasteiger partial charge on any atom is -0.478 e. The van der Waals surface area contributed by atoms with E-state index in [1.165, 1.54) is 0 Å². The summed E-state index contributed by atoms with van der Waals surface area (Å²) in [7, 11) is 0. The Morgan fingerprint density at radius 2 is 2.08 bits per heavy atom. The van der Waals surface area contributed by atoms with Gasteiger partial charge in [-0.05, 0) is 25.1 Å². The maximum absolute atomic E-state index is 11.4. The number of rotatable bonds is 5. The maximum atomic E-state index is 11.4. The SMILES string of the molecule is Cc1nccc(C2CN(Cc3cnn(-c4ccccc4C(=O)O)c3)C2)n1. The zero-order valence-corrected chi connectivity index (χ0v) is 14.4. The van der Waals surface area contributed by atoms with Gasteiger partial charge in [-0.25, -0.2) is 19.4 Å². The summed E-state index contributed by atoms with van der Waals surface area (Å²) < 4.78 is 1.63. The smallest absolute Gasteiger partial charge is 0.337 e. The molecule has 1 aliphatic heterocycles. The molecule has 1 saturated heterocycles. The fourth-order valence-electron chi connectivity index (χ4n) is 3.27. The lowest BCUT2D eigenvalue weighted by molar-refractivity contribution is 0.0696. The molecule has 4 rings (SSSR count). The van der Waals surface area contributed by atoms with E-state index in [0.717, 1.165) is 36.7 Å². The largest absolute Gasteiger partial charge is 0.478 e. The van der Waals surface area contributed by atoms with Crippen LogP contribution in [0.3, 0.4) is 0 Å². The number of hydrogen-bond donors (Lipinski definition) is 1. The summed E-state index contributed by atoms with van der Waals surface area (Å²) in [6.45, 7) is 4.60. The van der Waals surface area contributed by atoms with Gasteiger partial charge < -0.3 is 5.11 Å². The summed E-state index contributed by atoms with van der Waals surface area (Å²) in [6.07, 6.45) is 5.50. The Hall–Kier alpha value is -3.06. The normalized spacial score (nSPS) is 15.0. The molecule has 0 spiro atoms. The number of carbonyl (C=O) groups is 1. The molecular weight excluding hydrogens is 330 g/mol. The van der Waals surface area contributed by atoms with Crippen LogP contribution in [-0.2, 0) is 6.54 Å². The summed E-state index contributed by atoms with van der Waals surface area (Å²) in [6, 6.07) is 8.86. The van der Waals surface area contributed by atoms with E-state index in [1.807, 2.05) is 31.5 Å². The van der Waals surface area contributed by atoms with Crippen LogP contribution in [0.4, 0.5) is 0 Å². The summed E-state index contributed by atoms with van der Waals surface area (Å²) >= 11 is 0. The summed E-state index contributed by atoms with van der Waals surface area (Å²) in [5.41, 5.74) is 2.97. The standard InChI is InChI=1S/C19H19N5O2/c1-13-20-7-6-17(22-13)15-11-23(12-15)9-14-8-21-24(10-14)18-5-3-2-4-16(18)19(25)26/h2-8,10,15H,9,11-12H2,1H3,(H,25,26). The second-order valence-corrected chi connectivity index (χ2v) is 6.54. The molecule has 7 nitrogen and oxygen atoms in total. The lowest BCUT2D eigenvalue weighted by Crippen LogP contribution is -2.44. The van der Waals surface area contributed by atoms with Crippen molar-refractivity contribution in [3.63, 3.8) is 0 Å². The number of aromatic carboxylic acids is 1. The number of nitrogens with zero attached hydrogens (tertiary/aromatic N) is 5. The van der Waals surface area contributed by atoms with Crippen LogP contribution in [0.25, 0.3) is 5.69 Å². The Labute approximate surface area is 150 Å². The van der Waals surface area contributed by atoms with Gasteiger partial charge in [0.05, 0.1) is 17.4 Å². The van der Waals surface area contributed by atoms with Crippen LogP contribution in [0.2, 0.25) is 0 Å². The van der Waals surface area contributed by atoms with Gasteiger partial charge in [0, 0.05) is 49.2 Å². The van der Waals surface area contributed by atoms with Crippen molar-refractivity contribution in [1.82, 2.24) is 24.6 Å². The van der Waals surface area contributed by atoms with Crippen LogP contribution >= 0.6 is 0 Å². The zero-order chi connectivity index (χ0) is 18.1. The highest BCUT2D eigenvalue weighted by Gasteiger charge is 2.29. The second kappa shape index (κ2) is 6.68. The van der Waals surface area contributed by atoms with Gasteiger partial charge in [0.25, 0.3) is 0 Å². The molecule has 3 aromatic rings. The van der Waals surface area contributed by atoms with E-state index in [2.05, 4.69) is 20.0 Å². The monoisotopic (exact) mass is 349 g/mol. The van der Waals surface area contributed by atoms with Crippen molar-refractivity contribution in [2.45, 2.75) is 19.4 Å². The molecule has 0 saturated carbocycles. The van der Waals surface area contributed by atoms with Crippen LogP contribution in [0, 0.1) is 6.92 Å². The molecule has 1 aliphatic rings. The topological polar surface area (TPSA) is 84.1 Å². The first-order valence-electron chi connectivity index (χ1n) is 8.48. The molecule has 132 valence electrons. The van der Waals surface area contributed by atoms with E-state index in [-0.39, 0.29) is 5.56 Å².